The largest absolute Gasteiger partial charge is 0.456 e. The first-order valence-electron chi connectivity index (χ1n) is 7.11. The van der Waals surface area contributed by atoms with Crippen molar-refractivity contribution in [1.82, 2.24) is 0 Å². The molecule has 0 spiro atoms. The Bertz CT molecular complexity index is 748. The van der Waals surface area contributed by atoms with Gasteiger partial charge in [0, 0.05) is 5.39 Å². The van der Waals surface area contributed by atoms with Crippen LogP contribution in [-0.2, 0) is 5.60 Å². The quantitative estimate of drug-likeness (QED) is 0.725. The summed E-state index contributed by atoms with van der Waals surface area (Å²) >= 11 is 6.17. The summed E-state index contributed by atoms with van der Waals surface area (Å²) in [6, 6.07) is 17.1. The fraction of sp³-hybridized carbons (Fsp3) is 0.222. The third-order valence-electron chi connectivity index (χ3n) is 3.77. The van der Waals surface area contributed by atoms with E-state index in [9.17, 15) is 5.11 Å². The Morgan fingerprint density at radius 3 is 2.52 bits per heavy atom. The van der Waals surface area contributed by atoms with E-state index in [0.717, 1.165) is 17.4 Å². The van der Waals surface area contributed by atoms with Gasteiger partial charge in [0.1, 0.15) is 11.4 Å². The first-order valence-corrected chi connectivity index (χ1v) is 7.49. The van der Waals surface area contributed by atoms with E-state index < -0.39 is 5.60 Å². The lowest BCUT2D eigenvalue weighted by Gasteiger charge is -2.26. The molecule has 0 bridgehead atoms. The van der Waals surface area contributed by atoms with Crippen LogP contribution < -0.4 is 0 Å². The van der Waals surface area contributed by atoms with Gasteiger partial charge in [-0.2, -0.15) is 0 Å². The van der Waals surface area contributed by atoms with Gasteiger partial charge in [0.25, 0.3) is 0 Å². The highest BCUT2D eigenvalue weighted by molar-refractivity contribution is 6.34. The molecule has 0 saturated carbocycles. The van der Waals surface area contributed by atoms with Crippen LogP contribution in [0.3, 0.4) is 0 Å². The number of furan rings is 1. The van der Waals surface area contributed by atoms with Gasteiger partial charge >= 0.3 is 0 Å². The standard InChI is InChI=1S/C18H17ClO2/c1-2-11-18(20,14-8-4-3-5-9-14)16-12-13-7-6-10-15(19)17(13)21-16/h3-10,12,20H,2,11H2,1H3. The van der Waals surface area contributed by atoms with Crippen LogP contribution in [0.25, 0.3) is 11.0 Å². The van der Waals surface area contributed by atoms with Crippen LogP contribution >= 0.6 is 11.6 Å². The molecule has 1 N–H and O–H groups in total. The topological polar surface area (TPSA) is 33.4 Å². The number of hydrogen-bond acceptors (Lipinski definition) is 2. The molecular weight excluding hydrogens is 284 g/mol. The maximum absolute atomic E-state index is 11.2. The second kappa shape index (κ2) is 5.55. The lowest BCUT2D eigenvalue weighted by molar-refractivity contribution is 0.0486. The second-order valence-electron chi connectivity index (χ2n) is 5.25. The summed E-state index contributed by atoms with van der Waals surface area (Å²) in [6.07, 6.45) is 1.44. The van der Waals surface area contributed by atoms with Gasteiger partial charge in [-0.05, 0) is 24.1 Å². The van der Waals surface area contributed by atoms with Gasteiger partial charge in [0.2, 0.25) is 0 Å². The van der Waals surface area contributed by atoms with E-state index in [1.165, 1.54) is 0 Å². The normalized spacial score (nSPS) is 14.2. The average Bonchev–Trinajstić information content (AvgIpc) is 2.94. The minimum absolute atomic E-state index is 0.540. The molecule has 2 aromatic carbocycles. The van der Waals surface area contributed by atoms with Gasteiger partial charge in [-0.3, -0.25) is 0 Å². The summed E-state index contributed by atoms with van der Waals surface area (Å²) in [5.41, 5.74) is 0.333. The van der Waals surface area contributed by atoms with Crippen molar-refractivity contribution in [3.8, 4) is 0 Å². The summed E-state index contributed by atoms with van der Waals surface area (Å²) < 4.78 is 5.89. The van der Waals surface area contributed by atoms with Crippen molar-refractivity contribution in [3.63, 3.8) is 0 Å². The van der Waals surface area contributed by atoms with Crippen molar-refractivity contribution in [3.05, 3.63) is 70.9 Å². The zero-order valence-corrected chi connectivity index (χ0v) is 12.6. The van der Waals surface area contributed by atoms with E-state index in [2.05, 4.69) is 0 Å². The zero-order chi connectivity index (χ0) is 14.9. The van der Waals surface area contributed by atoms with Crippen molar-refractivity contribution >= 4 is 22.6 Å². The zero-order valence-electron chi connectivity index (χ0n) is 11.8. The van der Waals surface area contributed by atoms with Crippen LogP contribution in [0.15, 0.2) is 59.0 Å². The van der Waals surface area contributed by atoms with E-state index in [1.54, 1.807) is 6.07 Å². The van der Waals surface area contributed by atoms with Crippen LogP contribution in [0.4, 0.5) is 0 Å². The van der Waals surface area contributed by atoms with E-state index >= 15 is 0 Å². The average molecular weight is 301 g/mol. The number of rotatable bonds is 4. The second-order valence-corrected chi connectivity index (χ2v) is 5.65. The van der Waals surface area contributed by atoms with E-state index in [4.69, 9.17) is 16.0 Å². The summed E-state index contributed by atoms with van der Waals surface area (Å²) in [6.45, 7) is 2.05. The lowest BCUT2D eigenvalue weighted by Crippen LogP contribution is -2.26. The summed E-state index contributed by atoms with van der Waals surface area (Å²) in [5.74, 6) is 0.540. The molecule has 0 aliphatic heterocycles. The SMILES string of the molecule is CCCC(O)(c1ccccc1)c1cc2cccc(Cl)c2o1. The molecule has 0 saturated heterocycles. The fourth-order valence-electron chi connectivity index (χ4n) is 2.72. The van der Waals surface area contributed by atoms with Gasteiger partial charge in [-0.25, -0.2) is 0 Å². The molecule has 1 atom stereocenters. The Labute approximate surface area is 129 Å². The molecule has 3 aromatic rings. The molecule has 2 nitrogen and oxygen atoms in total. The third-order valence-corrected chi connectivity index (χ3v) is 4.06. The number of aliphatic hydroxyl groups is 1. The lowest BCUT2D eigenvalue weighted by atomic mass is 9.87. The Hall–Kier alpha value is -1.77. The Morgan fingerprint density at radius 1 is 1.10 bits per heavy atom. The minimum atomic E-state index is -1.13. The minimum Gasteiger partial charge on any atom is -0.456 e. The molecule has 3 rings (SSSR count). The Morgan fingerprint density at radius 2 is 1.86 bits per heavy atom. The van der Waals surface area contributed by atoms with Gasteiger partial charge in [-0.1, -0.05) is 67.4 Å². The van der Waals surface area contributed by atoms with E-state index in [1.807, 2.05) is 55.5 Å². The molecule has 1 heterocycles. The predicted molar refractivity (Wildman–Crippen MR) is 85.6 cm³/mol. The van der Waals surface area contributed by atoms with Gasteiger partial charge in [0.15, 0.2) is 5.58 Å². The highest BCUT2D eigenvalue weighted by Gasteiger charge is 2.34. The highest BCUT2D eigenvalue weighted by atomic mass is 35.5. The molecule has 1 aromatic heterocycles. The van der Waals surface area contributed by atoms with Gasteiger partial charge in [0.05, 0.1) is 5.02 Å². The Kier molecular flexibility index (Phi) is 3.75. The van der Waals surface area contributed by atoms with E-state index in [-0.39, 0.29) is 0 Å². The fourth-order valence-corrected chi connectivity index (χ4v) is 2.94. The Balaban J connectivity index is 2.18. The molecule has 0 aliphatic carbocycles. The first-order chi connectivity index (χ1) is 10.1. The maximum atomic E-state index is 11.2. The van der Waals surface area contributed by atoms with Crippen molar-refractivity contribution in [2.45, 2.75) is 25.4 Å². The van der Waals surface area contributed by atoms with E-state index in [0.29, 0.717) is 22.8 Å². The number of benzene rings is 2. The monoisotopic (exact) mass is 300 g/mol. The summed E-state index contributed by atoms with van der Waals surface area (Å²) in [5, 5.41) is 12.7. The van der Waals surface area contributed by atoms with Gasteiger partial charge in [-0.15, -0.1) is 0 Å². The molecule has 1 unspecified atom stereocenters. The number of fused-ring (bicyclic) bond motifs is 1. The summed E-state index contributed by atoms with van der Waals surface area (Å²) in [7, 11) is 0. The van der Waals surface area contributed by atoms with Crippen molar-refractivity contribution in [2.24, 2.45) is 0 Å². The molecule has 0 fully saturated rings. The molecule has 0 amide bonds. The van der Waals surface area contributed by atoms with Crippen molar-refractivity contribution < 1.29 is 9.52 Å². The molecule has 0 radical (unpaired) electrons. The van der Waals surface area contributed by atoms with Gasteiger partial charge < -0.3 is 9.52 Å². The van der Waals surface area contributed by atoms with Crippen molar-refractivity contribution in [2.75, 3.05) is 0 Å². The molecule has 108 valence electrons. The summed E-state index contributed by atoms with van der Waals surface area (Å²) in [4.78, 5) is 0. The molecular formula is C18H17ClO2. The molecule has 3 heteroatoms. The third kappa shape index (κ3) is 2.45. The van der Waals surface area contributed by atoms with Crippen LogP contribution in [0, 0.1) is 0 Å². The van der Waals surface area contributed by atoms with Crippen LogP contribution in [0.5, 0.6) is 0 Å². The molecule has 0 aliphatic rings. The van der Waals surface area contributed by atoms with Crippen LogP contribution in [-0.4, -0.2) is 5.11 Å². The van der Waals surface area contributed by atoms with Crippen LogP contribution in [0.2, 0.25) is 5.02 Å². The van der Waals surface area contributed by atoms with Crippen LogP contribution in [0.1, 0.15) is 31.1 Å². The number of halogens is 1. The predicted octanol–water partition coefficient (Wildman–Crippen LogP) is 5.12. The highest BCUT2D eigenvalue weighted by Crippen LogP contribution is 2.38. The first kappa shape index (κ1) is 14.2. The smallest absolute Gasteiger partial charge is 0.153 e. The number of hydrogen-bond donors (Lipinski definition) is 1. The maximum Gasteiger partial charge on any atom is 0.153 e. The number of para-hydroxylation sites is 1. The molecule has 21 heavy (non-hydrogen) atoms. The van der Waals surface area contributed by atoms with Crippen molar-refractivity contribution in [1.29, 1.82) is 0 Å².